The van der Waals surface area contributed by atoms with Gasteiger partial charge in [-0.25, -0.2) is 4.79 Å². The van der Waals surface area contributed by atoms with Crippen LogP contribution in [0.4, 0.5) is 5.69 Å². The number of methoxy groups -OCH3 is 3. The van der Waals surface area contributed by atoms with Gasteiger partial charge in [-0.3, -0.25) is 0 Å². The molecule has 0 radical (unpaired) electrons. The molecule has 0 fully saturated rings. The van der Waals surface area contributed by atoms with Crippen LogP contribution in [-0.4, -0.2) is 27.3 Å². The van der Waals surface area contributed by atoms with E-state index >= 15 is 0 Å². The molecule has 1 aromatic carbocycles. The molecule has 0 amide bonds. The predicted molar refractivity (Wildman–Crippen MR) is 83.3 cm³/mol. The van der Waals surface area contributed by atoms with Crippen LogP contribution in [0.25, 0.3) is 11.1 Å². The summed E-state index contributed by atoms with van der Waals surface area (Å²) >= 11 is 1.32. The smallest absolute Gasteiger partial charge is 0.350 e. The molecular weight excluding hydrogens is 290 g/mol. The number of benzene rings is 1. The van der Waals surface area contributed by atoms with Crippen molar-refractivity contribution in [2.75, 3.05) is 27.1 Å². The Kier molecular flexibility index (Phi) is 4.37. The van der Waals surface area contributed by atoms with E-state index in [9.17, 15) is 4.79 Å². The Bertz CT molecular complexity index is 679. The third-order valence-electron chi connectivity index (χ3n) is 3.16. The lowest BCUT2D eigenvalue weighted by molar-refractivity contribution is 0.0607. The van der Waals surface area contributed by atoms with Gasteiger partial charge < -0.3 is 19.9 Å². The molecule has 2 N–H and O–H groups in total. The molecule has 0 saturated heterocycles. The average Bonchev–Trinajstić information content (AvgIpc) is 2.80. The van der Waals surface area contributed by atoms with Gasteiger partial charge in [0.1, 0.15) is 4.88 Å². The lowest BCUT2D eigenvalue weighted by atomic mass is 10.0. The summed E-state index contributed by atoms with van der Waals surface area (Å²) < 4.78 is 15.3. The number of anilines is 1. The predicted octanol–water partition coefficient (Wildman–Crippen LogP) is 3.11. The van der Waals surface area contributed by atoms with Gasteiger partial charge in [-0.15, -0.1) is 11.3 Å². The van der Waals surface area contributed by atoms with E-state index in [4.69, 9.17) is 19.9 Å². The Balaban J connectivity index is 2.57. The third-order valence-corrected chi connectivity index (χ3v) is 4.27. The van der Waals surface area contributed by atoms with Crippen molar-refractivity contribution in [2.24, 2.45) is 0 Å². The fraction of sp³-hybridized carbons (Fsp3) is 0.267. The molecule has 6 heteroatoms. The Labute approximate surface area is 127 Å². The Morgan fingerprint density at radius 2 is 1.81 bits per heavy atom. The summed E-state index contributed by atoms with van der Waals surface area (Å²) in [4.78, 5) is 13.1. The van der Waals surface area contributed by atoms with Crippen LogP contribution in [0.1, 0.15) is 14.5 Å². The van der Waals surface area contributed by atoms with E-state index in [-0.39, 0.29) is 0 Å². The maximum Gasteiger partial charge on any atom is 0.350 e. The molecule has 0 aliphatic rings. The number of nitrogens with two attached hydrogens (primary N) is 1. The van der Waals surface area contributed by atoms with Gasteiger partial charge in [0.25, 0.3) is 0 Å². The number of ether oxygens (including phenoxy) is 3. The molecule has 112 valence electrons. The first-order valence-corrected chi connectivity index (χ1v) is 7.04. The lowest BCUT2D eigenvalue weighted by Crippen LogP contribution is -2.02. The van der Waals surface area contributed by atoms with Gasteiger partial charge in [-0.2, -0.15) is 0 Å². The van der Waals surface area contributed by atoms with Crippen LogP contribution in [0.15, 0.2) is 18.2 Å². The van der Waals surface area contributed by atoms with Crippen LogP contribution in [0.3, 0.4) is 0 Å². The first kappa shape index (κ1) is 15.2. The van der Waals surface area contributed by atoms with Crippen molar-refractivity contribution in [1.29, 1.82) is 0 Å². The van der Waals surface area contributed by atoms with Crippen molar-refractivity contribution in [2.45, 2.75) is 6.92 Å². The second kappa shape index (κ2) is 6.05. The van der Waals surface area contributed by atoms with Crippen molar-refractivity contribution in [3.8, 4) is 22.6 Å². The molecule has 1 heterocycles. The van der Waals surface area contributed by atoms with Crippen molar-refractivity contribution in [3.63, 3.8) is 0 Å². The van der Waals surface area contributed by atoms with E-state index in [1.54, 1.807) is 14.2 Å². The van der Waals surface area contributed by atoms with Gasteiger partial charge in [0, 0.05) is 10.4 Å². The van der Waals surface area contributed by atoms with E-state index in [1.165, 1.54) is 18.4 Å². The number of esters is 1. The van der Waals surface area contributed by atoms with Crippen molar-refractivity contribution in [3.05, 3.63) is 28.0 Å². The first-order chi connectivity index (χ1) is 10.0. The third kappa shape index (κ3) is 2.67. The van der Waals surface area contributed by atoms with Gasteiger partial charge in [0.2, 0.25) is 0 Å². The van der Waals surface area contributed by atoms with Crippen LogP contribution < -0.4 is 15.2 Å². The molecule has 5 nitrogen and oxygen atoms in total. The number of hydrogen-bond acceptors (Lipinski definition) is 6. The highest BCUT2D eigenvalue weighted by Gasteiger charge is 2.21. The van der Waals surface area contributed by atoms with Crippen LogP contribution in [0, 0.1) is 6.92 Å². The van der Waals surface area contributed by atoms with Crippen molar-refractivity contribution >= 4 is 23.0 Å². The minimum atomic E-state index is -0.424. The molecule has 0 unspecified atom stereocenters. The zero-order chi connectivity index (χ0) is 15.6. The zero-order valence-corrected chi connectivity index (χ0v) is 13.2. The topological polar surface area (TPSA) is 70.8 Å². The molecule has 0 spiro atoms. The Morgan fingerprint density at radius 1 is 1.14 bits per heavy atom. The number of carbonyl (C=O) groups is 1. The summed E-state index contributed by atoms with van der Waals surface area (Å²) in [7, 11) is 4.50. The van der Waals surface area contributed by atoms with Gasteiger partial charge >= 0.3 is 5.97 Å². The van der Waals surface area contributed by atoms with E-state index in [1.807, 2.05) is 25.1 Å². The molecule has 2 rings (SSSR count). The number of thiophene rings is 1. The molecule has 2 aromatic rings. The molecule has 1 aromatic heterocycles. The fourth-order valence-electron chi connectivity index (χ4n) is 2.16. The SMILES string of the molecule is COC(=O)c1sc(C)c(-c2ccc(OC)c(OC)c2)c1N. The van der Waals surface area contributed by atoms with Gasteiger partial charge in [0.15, 0.2) is 11.5 Å². The summed E-state index contributed by atoms with van der Waals surface area (Å²) in [6.45, 7) is 1.92. The fourth-order valence-corrected chi connectivity index (χ4v) is 3.17. The minimum absolute atomic E-state index is 0.416. The Morgan fingerprint density at radius 3 is 2.38 bits per heavy atom. The second-order valence-electron chi connectivity index (χ2n) is 4.34. The summed E-state index contributed by atoms with van der Waals surface area (Å²) in [5, 5.41) is 0. The molecular formula is C15H17NO4S. The highest BCUT2D eigenvalue weighted by molar-refractivity contribution is 7.15. The largest absolute Gasteiger partial charge is 0.493 e. The van der Waals surface area contributed by atoms with Crippen LogP contribution >= 0.6 is 11.3 Å². The number of carbonyl (C=O) groups excluding carboxylic acids is 1. The summed E-state index contributed by atoms with van der Waals surface area (Å²) in [6, 6.07) is 5.53. The van der Waals surface area contributed by atoms with Gasteiger partial charge in [0.05, 0.1) is 27.0 Å². The molecule has 0 atom stereocenters. The number of aryl methyl sites for hydroxylation is 1. The highest BCUT2D eigenvalue weighted by atomic mass is 32.1. The number of rotatable bonds is 4. The minimum Gasteiger partial charge on any atom is -0.493 e. The number of hydrogen-bond donors (Lipinski definition) is 1. The normalized spacial score (nSPS) is 10.3. The molecule has 0 aliphatic carbocycles. The average molecular weight is 307 g/mol. The van der Waals surface area contributed by atoms with Gasteiger partial charge in [-0.05, 0) is 24.6 Å². The molecule has 21 heavy (non-hydrogen) atoms. The molecule has 0 aliphatic heterocycles. The summed E-state index contributed by atoms with van der Waals surface area (Å²) in [5.74, 6) is 0.827. The quantitative estimate of drug-likeness (QED) is 0.879. The maximum absolute atomic E-state index is 11.7. The van der Waals surface area contributed by atoms with Crippen LogP contribution in [-0.2, 0) is 4.74 Å². The maximum atomic E-state index is 11.7. The highest BCUT2D eigenvalue weighted by Crippen LogP contribution is 2.41. The Hall–Kier alpha value is -2.21. The monoisotopic (exact) mass is 307 g/mol. The van der Waals surface area contributed by atoms with Crippen LogP contribution in [0.2, 0.25) is 0 Å². The molecule has 0 saturated carbocycles. The summed E-state index contributed by atoms with van der Waals surface area (Å²) in [5.41, 5.74) is 8.23. The lowest BCUT2D eigenvalue weighted by Gasteiger charge is -2.10. The van der Waals surface area contributed by atoms with Gasteiger partial charge in [-0.1, -0.05) is 6.07 Å². The van der Waals surface area contributed by atoms with Crippen molar-refractivity contribution in [1.82, 2.24) is 0 Å². The summed E-state index contributed by atoms with van der Waals surface area (Å²) in [6.07, 6.45) is 0. The number of nitrogen functional groups attached to an aromatic ring is 1. The van der Waals surface area contributed by atoms with E-state index < -0.39 is 5.97 Å². The first-order valence-electron chi connectivity index (χ1n) is 6.23. The standard InChI is InChI=1S/C15H17NO4S/c1-8-12(13(16)14(21-8)15(17)20-4)9-5-6-10(18-2)11(7-9)19-3/h5-7H,16H2,1-4H3. The van der Waals surface area contributed by atoms with Crippen LogP contribution in [0.5, 0.6) is 11.5 Å². The van der Waals surface area contributed by atoms with Crippen molar-refractivity contribution < 1.29 is 19.0 Å². The zero-order valence-electron chi connectivity index (χ0n) is 12.4. The van der Waals surface area contributed by atoms with E-state index in [0.717, 1.165) is 16.0 Å². The van der Waals surface area contributed by atoms with E-state index in [2.05, 4.69) is 0 Å². The molecule has 0 bridgehead atoms. The van der Waals surface area contributed by atoms with E-state index in [0.29, 0.717) is 22.1 Å². The second-order valence-corrected chi connectivity index (χ2v) is 5.56.